The minimum atomic E-state index is -0.600. The highest BCUT2D eigenvalue weighted by molar-refractivity contribution is 7.85. The molecule has 1 aromatic rings. The third kappa shape index (κ3) is 3.46. The average Bonchev–Trinajstić information content (AvgIpc) is 3.05. The maximum atomic E-state index is 7.32. The summed E-state index contributed by atoms with van der Waals surface area (Å²) in [5, 5.41) is 0.0150. The largest absolute Gasteiger partial charge is 0.0951 e. The highest BCUT2D eigenvalue weighted by Crippen LogP contribution is 2.70. The molecule has 5 aliphatic rings. The highest BCUT2D eigenvalue weighted by Gasteiger charge is 2.51. The Hall–Kier alpha value is -0.320. The summed E-state index contributed by atoms with van der Waals surface area (Å²) < 4.78 is 0. The number of halogens is 1. The van der Waals surface area contributed by atoms with Crippen LogP contribution in [0.5, 0.6) is 0 Å². The Labute approximate surface area is 184 Å². The fourth-order valence-corrected chi connectivity index (χ4v) is 11.9. The van der Waals surface area contributed by atoms with Crippen molar-refractivity contribution in [3.63, 3.8) is 0 Å². The van der Waals surface area contributed by atoms with Gasteiger partial charge < -0.3 is 0 Å². The van der Waals surface area contributed by atoms with E-state index in [9.17, 15) is 0 Å². The molecule has 158 valence electrons. The quantitative estimate of drug-likeness (QED) is 0.313. The summed E-state index contributed by atoms with van der Waals surface area (Å²) >= 11 is 7.32. The van der Waals surface area contributed by atoms with Gasteiger partial charge in [-0.1, -0.05) is 74.9 Å². The molecule has 4 saturated carbocycles. The van der Waals surface area contributed by atoms with Gasteiger partial charge in [0.2, 0.25) is 0 Å². The van der Waals surface area contributed by atoms with Gasteiger partial charge in [0.15, 0.2) is 0 Å². The van der Waals surface area contributed by atoms with Crippen LogP contribution in [0.3, 0.4) is 0 Å². The summed E-state index contributed by atoms with van der Waals surface area (Å²) in [6.07, 6.45) is 19.5. The summed E-state index contributed by atoms with van der Waals surface area (Å²) in [6.45, 7) is 7.14. The van der Waals surface area contributed by atoms with Crippen molar-refractivity contribution in [2.45, 2.75) is 83.7 Å². The Kier molecular flexibility index (Phi) is 5.23. The van der Waals surface area contributed by atoms with Gasteiger partial charge in [-0.15, -0.1) is 0 Å². The fraction of sp³-hybridized carbons (Fsp3) is 0.704. The van der Waals surface area contributed by atoms with Gasteiger partial charge in [0.25, 0.3) is 0 Å². The van der Waals surface area contributed by atoms with Crippen molar-refractivity contribution in [2.75, 3.05) is 6.16 Å². The molecule has 2 atom stereocenters. The van der Waals surface area contributed by atoms with Crippen LogP contribution in [0.2, 0.25) is 0 Å². The molecule has 6 rings (SSSR count). The molecule has 0 radical (unpaired) electrons. The molecule has 4 fully saturated rings. The van der Waals surface area contributed by atoms with E-state index in [0.717, 1.165) is 23.2 Å². The van der Waals surface area contributed by atoms with E-state index in [1.807, 2.05) is 0 Å². The first-order valence-corrected chi connectivity index (χ1v) is 14.5. The Morgan fingerprint density at radius 1 is 0.966 bits per heavy atom. The smallest absolute Gasteiger partial charge is 0.0529 e. The number of fused-ring (bicyclic) bond motifs is 1. The van der Waals surface area contributed by atoms with Crippen LogP contribution < -0.4 is 0 Å². The molecular weight excluding hydrogens is 391 g/mol. The van der Waals surface area contributed by atoms with Crippen LogP contribution in [-0.4, -0.2) is 6.16 Å². The first-order valence-electron chi connectivity index (χ1n) is 12.0. The van der Waals surface area contributed by atoms with Crippen molar-refractivity contribution in [1.82, 2.24) is 0 Å². The van der Waals surface area contributed by atoms with E-state index in [1.54, 1.807) is 38.5 Å². The van der Waals surface area contributed by atoms with Crippen LogP contribution in [0, 0.1) is 28.6 Å². The molecule has 29 heavy (non-hydrogen) atoms. The van der Waals surface area contributed by atoms with Gasteiger partial charge in [-0.2, -0.15) is 0 Å². The lowest BCUT2D eigenvalue weighted by atomic mass is 9.48. The maximum absolute atomic E-state index is 7.32. The lowest BCUT2D eigenvalue weighted by molar-refractivity contribution is -0.0581. The second-order valence-corrected chi connectivity index (χ2v) is 15.0. The fourth-order valence-electron chi connectivity index (χ4n) is 8.04. The Balaban J connectivity index is 1.24. The van der Waals surface area contributed by atoms with Crippen molar-refractivity contribution < 1.29 is 0 Å². The predicted octanol–water partition coefficient (Wildman–Crippen LogP) is 8.98. The van der Waals surface area contributed by atoms with E-state index in [1.165, 1.54) is 36.6 Å². The SMILES string of the molecule is CC(C)(C)C1(P(Cl)CCCCC23CC4CC(CC(C4)C2)C3)C=Cc2ccccc21. The van der Waals surface area contributed by atoms with Gasteiger partial charge in [0, 0.05) is 7.27 Å². The Morgan fingerprint density at radius 3 is 2.21 bits per heavy atom. The van der Waals surface area contributed by atoms with Crippen molar-refractivity contribution >= 4 is 24.6 Å². The zero-order valence-corrected chi connectivity index (χ0v) is 20.2. The molecule has 0 saturated heterocycles. The molecule has 0 heterocycles. The summed E-state index contributed by atoms with van der Waals surface area (Å²) in [6, 6.07) is 8.93. The molecule has 2 heteroatoms. The molecule has 1 aromatic carbocycles. The molecule has 0 spiro atoms. The van der Waals surface area contributed by atoms with Crippen molar-refractivity contribution in [3.05, 3.63) is 41.5 Å². The first kappa shape index (κ1) is 20.6. The molecule has 0 aromatic heterocycles. The third-order valence-electron chi connectivity index (χ3n) is 8.88. The van der Waals surface area contributed by atoms with Gasteiger partial charge >= 0.3 is 0 Å². The number of rotatable bonds is 6. The number of hydrogen-bond acceptors (Lipinski definition) is 0. The predicted molar refractivity (Wildman–Crippen MR) is 129 cm³/mol. The van der Waals surface area contributed by atoms with Crippen LogP contribution in [0.25, 0.3) is 6.08 Å². The lowest BCUT2D eigenvalue weighted by Gasteiger charge is -2.57. The molecule has 0 nitrogen and oxygen atoms in total. The molecule has 0 aliphatic heterocycles. The van der Waals surface area contributed by atoms with Gasteiger partial charge in [0.1, 0.15) is 0 Å². The monoisotopic (exact) mass is 428 g/mol. The van der Waals surface area contributed by atoms with Crippen LogP contribution in [0.1, 0.15) is 89.7 Å². The third-order valence-corrected chi connectivity index (χ3v) is 12.7. The maximum Gasteiger partial charge on any atom is 0.0529 e. The van der Waals surface area contributed by atoms with Crippen molar-refractivity contribution in [1.29, 1.82) is 0 Å². The molecule has 4 bridgehead atoms. The minimum absolute atomic E-state index is 0.0150. The van der Waals surface area contributed by atoms with Crippen molar-refractivity contribution in [2.24, 2.45) is 28.6 Å². The molecule has 0 N–H and O–H groups in total. The summed E-state index contributed by atoms with van der Waals surface area (Å²) in [7, 11) is -0.600. The van der Waals surface area contributed by atoms with E-state index in [-0.39, 0.29) is 10.6 Å². The summed E-state index contributed by atoms with van der Waals surface area (Å²) in [5.74, 6) is 3.24. The standard InChI is InChI=1S/C27H38ClP/c1-25(2,3)27(12-10-23-8-4-5-9-24(23)27)29(28)13-7-6-11-26-17-20-14-21(18-26)16-22(15-20)19-26/h4-5,8-10,12,20-22H,6-7,11,13-19H2,1-3H3. The van der Waals surface area contributed by atoms with E-state index in [4.69, 9.17) is 11.2 Å². The summed E-state index contributed by atoms with van der Waals surface area (Å²) in [4.78, 5) is 0. The normalized spacial score (nSPS) is 38.4. The average molecular weight is 429 g/mol. The summed E-state index contributed by atoms with van der Waals surface area (Å²) in [5.41, 5.74) is 3.72. The van der Waals surface area contributed by atoms with Crippen LogP contribution in [-0.2, 0) is 5.16 Å². The lowest BCUT2D eigenvalue weighted by Crippen LogP contribution is -2.45. The zero-order valence-electron chi connectivity index (χ0n) is 18.6. The van der Waals surface area contributed by atoms with Crippen LogP contribution >= 0.6 is 18.5 Å². The first-order chi connectivity index (χ1) is 13.8. The number of unbranched alkanes of at least 4 members (excludes halogenated alkanes) is 1. The van der Waals surface area contributed by atoms with Crippen LogP contribution in [0.15, 0.2) is 30.3 Å². The molecule has 2 unspecified atom stereocenters. The topological polar surface area (TPSA) is 0 Å². The van der Waals surface area contributed by atoms with E-state index in [0.29, 0.717) is 0 Å². The molecule has 0 amide bonds. The van der Waals surface area contributed by atoms with Gasteiger partial charge in [0.05, 0.1) is 5.16 Å². The number of allylic oxidation sites excluding steroid dienone is 1. The number of benzene rings is 1. The minimum Gasteiger partial charge on any atom is -0.0951 e. The number of hydrogen-bond donors (Lipinski definition) is 0. The Morgan fingerprint density at radius 2 is 1.59 bits per heavy atom. The van der Waals surface area contributed by atoms with Gasteiger partial charge in [-0.25, -0.2) is 0 Å². The van der Waals surface area contributed by atoms with Gasteiger partial charge in [-0.3, -0.25) is 0 Å². The van der Waals surface area contributed by atoms with E-state index < -0.39 is 7.27 Å². The van der Waals surface area contributed by atoms with Crippen LogP contribution in [0.4, 0.5) is 0 Å². The second-order valence-electron chi connectivity index (χ2n) is 11.9. The van der Waals surface area contributed by atoms with E-state index in [2.05, 4.69) is 57.2 Å². The van der Waals surface area contributed by atoms with Gasteiger partial charge in [-0.05, 0) is 97.2 Å². The molecular formula is C27H38ClP. The van der Waals surface area contributed by atoms with Crippen molar-refractivity contribution in [3.8, 4) is 0 Å². The zero-order chi connectivity index (χ0) is 20.3. The molecule has 5 aliphatic carbocycles. The Bertz CT molecular complexity index is 753. The second kappa shape index (κ2) is 7.38. The highest BCUT2D eigenvalue weighted by atomic mass is 35.7. The van der Waals surface area contributed by atoms with E-state index >= 15 is 0 Å².